The molecule has 0 unspecified atom stereocenters. The van der Waals surface area contributed by atoms with Crippen LogP contribution in [0.2, 0.25) is 0 Å². The first-order valence-electron chi connectivity index (χ1n) is 7.05. The standard InChI is InChI=1S/C16H15N3O2/c20-16(13-8-12(13)14-4-3-7-21-14)17-9-11-10-19-6-2-1-5-15(19)18-11/h1-7,10,12-13H,8-9H2,(H,17,20)/t12-,13+/m1/s1. The normalized spacial score (nSPS) is 20.6. The Bertz CT molecular complexity index is 743. The number of aromatic nitrogens is 2. The summed E-state index contributed by atoms with van der Waals surface area (Å²) in [6.07, 6.45) is 6.40. The third-order valence-electron chi connectivity index (χ3n) is 3.89. The highest BCUT2D eigenvalue weighted by Crippen LogP contribution is 2.47. The minimum atomic E-state index is 0.0354. The highest BCUT2D eigenvalue weighted by atomic mass is 16.3. The first kappa shape index (κ1) is 12.2. The van der Waals surface area contributed by atoms with Crippen LogP contribution in [0.5, 0.6) is 0 Å². The van der Waals surface area contributed by atoms with E-state index in [1.54, 1.807) is 6.26 Å². The second-order valence-corrected chi connectivity index (χ2v) is 5.38. The lowest BCUT2D eigenvalue weighted by Crippen LogP contribution is -2.25. The van der Waals surface area contributed by atoms with Crippen LogP contribution in [0.4, 0.5) is 0 Å². The van der Waals surface area contributed by atoms with Gasteiger partial charge in [0.15, 0.2) is 0 Å². The van der Waals surface area contributed by atoms with E-state index in [9.17, 15) is 4.79 Å². The number of hydrogen-bond acceptors (Lipinski definition) is 3. The zero-order valence-corrected chi connectivity index (χ0v) is 11.4. The van der Waals surface area contributed by atoms with Crippen LogP contribution in [0.25, 0.3) is 5.65 Å². The molecular weight excluding hydrogens is 266 g/mol. The molecule has 5 heteroatoms. The van der Waals surface area contributed by atoms with Gasteiger partial charge in [0.2, 0.25) is 5.91 Å². The molecular formula is C16H15N3O2. The molecule has 2 atom stereocenters. The van der Waals surface area contributed by atoms with Gasteiger partial charge in [-0.05, 0) is 30.7 Å². The Labute approximate surface area is 121 Å². The molecule has 1 aliphatic rings. The summed E-state index contributed by atoms with van der Waals surface area (Å²) in [6.45, 7) is 0.460. The number of carbonyl (C=O) groups excluding carboxylic acids is 1. The summed E-state index contributed by atoms with van der Waals surface area (Å²) in [4.78, 5) is 16.6. The van der Waals surface area contributed by atoms with Gasteiger partial charge in [0, 0.05) is 24.2 Å². The molecule has 0 radical (unpaired) electrons. The average molecular weight is 281 g/mol. The van der Waals surface area contributed by atoms with Gasteiger partial charge in [-0.3, -0.25) is 4.79 Å². The van der Waals surface area contributed by atoms with Crippen LogP contribution in [0.3, 0.4) is 0 Å². The zero-order valence-electron chi connectivity index (χ0n) is 11.4. The van der Waals surface area contributed by atoms with Crippen LogP contribution in [0.15, 0.2) is 53.4 Å². The molecule has 3 heterocycles. The van der Waals surface area contributed by atoms with E-state index in [0.29, 0.717) is 6.54 Å². The van der Waals surface area contributed by atoms with Crippen molar-refractivity contribution in [1.29, 1.82) is 0 Å². The van der Waals surface area contributed by atoms with Gasteiger partial charge in [-0.2, -0.15) is 0 Å². The van der Waals surface area contributed by atoms with Crippen molar-refractivity contribution in [3.8, 4) is 0 Å². The summed E-state index contributed by atoms with van der Waals surface area (Å²) in [5.41, 5.74) is 1.76. The van der Waals surface area contributed by atoms with E-state index in [1.807, 2.05) is 47.1 Å². The number of furan rings is 1. The molecule has 0 saturated heterocycles. The smallest absolute Gasteiger partial charge is 0.224 e. The second-order valence-electron chi connectivity index (χ2n) is 5.38. The molecule has 106 valence electrons. The van der Waals surface area contributed by atoms with Crippen LogP contribution >= 0.6 is 0 Å². The Hall–Kier alpha value is -2.56. The van der Waals surface area contributed by atoms with E-state index in [4.69, 9.17) is 4.42 Å². The van der Waals surface area contributed by atoms with E-state index < -0.39 is 0 Å². The number of pyridine rings is 1. The summed E-state index contributed by atoms with van der Waals surface area (Å²) in [7, 11) is 0. The molecule has 1 aliphatic carbocycles. The number of nitrogens with one attached hydrogen (secondary N) is 1. The Morgan fingerprint density at radius 1 is 1.38 bits per heavy atom. The van der Waals surface area contributed by atoms with Gasteiger partial charge in [0.05, 0.1) is 18.5 Å². The molecule has 1 N–H and O–H groups in total. The minimum Gasteiger partial charge on any atom is -0.469 e. The van der Waals surface area contributed by atoms with Gasteiger partial charge in [-0.25, -0.2) is 4.98 Å². The summed E-state index contributed by atoms with van der Waals surface area (Å²) in [5.74, 6) is 1.26. The maximum atomic E-state index is 12.1. The molecule has 3 aromatic rings. The lowest BCUT2D eigenvalue weighted by Gasteiger charge is -2.01. The largest absolute Gasteiger partial charge is 0.469 e. The zero-order chi connectivity index (χ0) is 14.2. The van der Waals surface area contributed by atoms with Crippen LogP contribution in [-0.4, -0.2) is 15.3 Å². The van der Waals surface area contributed by atoms with Crippen molar-refractivity contribution in [3.63, 3.8) is 0 Å². The van der Waals surface area contributed by atoms with Crippen molar-refractivity contribution < 1.29 is 9.21 Å². The maximum absolute atomic E-state index is 12.1. The molecule has 1 fully saturated rings. The third kappa shape index (κ3) is 2.31. The average Bonchev–Trinajstić information content (AvgIpc) is 2.96. The Morgan fingerprint density at radius 3 is 3.14 bits per heavy atom. The lowest BCUT2D eigenvalue weighted by atomic mass is 10.2. The maximum Gasteiger partial charge on any atom is 0.224 e. The summed E-state index contributed by atoms with van der Waals surface area (Å²) < 4.78 is 7.29. The Balaban J connectivity index is 1.38. The molecule has 3 aromatic heterocycles. The second kappa shape index (κ2) is 4.77. The van der Waals surface area contributed by atoms with E-state index in [2.05, 4.69) is 10.3 Å². The molecule has 0 bridgehead atoms. The SMILES string of the molecule is O=C(NCc1cn2ccccc2n1)[C@H]1C[C@H]1c1ccco1. The van der Waals surface area contributed by atoms with Gasteiger partial charge in [-0.15, -0.1) is 0 Å². The fourth-order valence-corrected chi connectivity index (χ4v) is 2.68. The molecule has 1 saturated carbocycles. The summed E-state index contributed by atoms with van der Waals surface area (Å²) in [6, 6.07) is 9.64. The number of imidazole rings is 1. The first-order chi connectivity index (χ1) is 10.3. The van der Waals surface area contributed by atoms with Crippen molar-refractivity contribution in [2.45, 2.75) is 18.9 Å². The quantitative estimate of drug-likeness (QED) is 0.798. The molecule has 0 aromatic carbocycles. The van der Waals surface area contributed by atoms with Gasteiger partial charge in [0.25, 0.3) is 0 Å². The Kier molecular flexibility index (Phi) is 2.77. The van der Waals surface area contributed by atoms with Gasteiger partial charge < -0.3 is 14.1 Å². The highest BCUT2D eigenvalue weighted by Gasteiger charge is 2.45. The monoisotopic (exact) mass is 281 g/mol. The van der Waals surface area contributed by atoms with Crippen molar-refractivity contribution in [3.05, 3.63) is 60.4 Å². The van der Waals surface area contributed by atoms with Crippen LogP contribution < -0.4 is 5.32 Å². The van der Waals surface area contributed by atoms with E-state index in [1.165, 1.54) is 0 Å². The van der Waals surface area contributed by atoms with Crippen LogP contribution in [0.1, 0.15) is 23.8 Å². The molecule has 1 amide bonds. The van der Waals surface area contributed by atoms with Crippen LogP contribution in [-0.2, 0) is 11.3 Å². The number of rotatable bonds is 4. The minimum absolute atomic E-state index is 0.0354. The topological polar surface area (TPSA) is 59.5 Å². The number of nitrogens with zero attached hydrogens (tertiary/aromatic N) is 2. The third-order valence-corrected chi connectivity index (χ3v) is 3.89. The number of carbonyl (C=O) groups is 1. The highest BCUT2D eigenvalue weighted by molar-refractivity contribution is 5.82. The molecule has 21 heavy (non-hydrogen) atoms. The van der Waals surface area contributed by atoms with Crippen molar-refractivity contribution in [2.24, 2.45) is 5.92 Å². The van der Waals surface area contributed by atoms with E-state index in [0.717, 1.165) is 23.5 Å². The van der Waals surface area contributed by atoms with Gasteiger partial charge >= 0.3 is 0 Å². The Morgan fingerprint density at radius 2 is 2.33 bits per heavy atom. The van der Waals surface area contributed by atoms with E-state index >= 15 is 0 Å². The van der Waals surface area contributed by atoms with Gasteiger partial charge in [-0.1, -0.05) is 6.07 Å². The van der Waals surface area contributed by atoms with Crippen LogP contribution in [0, 0.1) is 5.92 Å². The number of hydrogen-bond donors (Lipinski definition) is 1. The van der Waals surface area contributed by atoms with Crippen molar-refractivity contribution in [1.82, 2.24) is 14.7 Å². The molecule has 4 rings (SSSR count). The fraction of sp³-hybridized carbons (Fsp3) is 0.250. The predicted molar refractivity (Wildman–Crippen MR) is 76.6 cm³/mol. The molecule has 0 spiro atoms. The first-order valence-corrected chi connectivity index (χ1v) is 7.05. The fourth-order valence-electron chi connectivity index (χ4n) is 2.68. The van der Waals surface area contributed by atoms with Crippen molar-refractivity contribution in [2.75, 3.05) is 0 Å². The molecule has 5 nitrogen and oxygen atoms in total. The predicted octanol–water partition coefficient (Wildman–Crippen LogP) is 2.35. The van der Waals surface area contributed by atoms with Gasteiger partial charge in [0.1, 0.15) is 11.4 Å². The number of fused-ring (bicyclic) bond motifs is 1. The lowest BCUT2D eigenvalue weighted by molar-refractivity contribution is -0.122. The number of amides is 1. The summed E-state index contributed by atoms with van der Waals surface area (Å²) in [5, 5.41) is 2.96. The molecule has 0 aliphatic heterocycles. The van der Waals surface area contributed by atoms with Crippen molar-refractivity contribution >= 4 is 11.6 Å². The van der Waals surface area contributed by atoms with E-state index in [-0.39, 0.29) is 17.7 Å². The summed E-state index contributed by atoms with van der Waals surface area (Å²) >= 11 is 0.